The molecule has 0 aromatic carbocycles. The first-order valence-electron chi connectivity index (χ1n) is 4.08. The van der Waals surface area contributed by atoms with Crippen LogP contribution < -0.4 is 0 Å². The van der Waals surface area contributed by atoms with Gasteiger partial charge in [-0.05, 0) is 18.3 Å². The van der Waals surface area contributed by atoms with Crippen molar-refractivity contribution in [2.24, 2.45) is 5.92 Å². The van der Waals surface area contributed by atoms with Crippen molar-refractivity contribution in [3.63, 3.8) is 0 Å². The smallest absolute Gasteiger partial charge is 0.298 e. The van der Waals surface area contributed by atoms with Gasteiger partial charge in [0.2, 0.25) is 0 Å². The summed E-state index contributed by atoms with van der Waals surface area (Å²) in [5.74, 6) is 2.00. The summed E-state index contributed by atoms with van der Waals surface area (Å²) in [4.78, 5) is 12.5. The summed E-state index contributed by atoms with van der Waals surface area (Å²) in [6.07, 6.45) is 5.37. The van der Waals surface area contributed by atoms with Crippen molar-refractivity contribution in [1.29, 1.82) is 0 Å². The number of terminal acetylenes is 1. The lowest BCUT2D eigenvalue weighted by Gasteiger charge is -2.32. The molecule has 1 amide bonds. The second-order valence-electron chi connectivity index (χ2n) is 3.23. The highest BCUT2D eigenvalue weighted by atomic mass is 16.3. The molecule has 0 spiro atoms. The first kappa shape index (κ1) is 9.08. The minimum absolute atomic E-state index is 0.270. The number of nitrogens with zero attached hydrogens (tertiary/aromatic N) is 1. The molecule has 1 aliphatic rings. The first-order valence-corrected chi connectivity index (χ1v) is 4.08. The van der Waals surface area contributed by atoms with Gasteiger partial charge in [0.1, 0.15) is 0 Å². The number of amides is 1. The van der Waals surface area contributed by atoms with E-state index in [1.807, 2.05) is 12.8 Å². The molecule has 0 aromatic rings. The summed E-state index contributed by atoms with van der Waals surface area (Å²) in [5.41, 5.74) is 0. The van der Waals surface area contributed by atoms with Gasteiger partial charge in [0.05, 0.1) is 6.10 Å². The summed E-state index contributed by atoms with van der Waals surface area (Å²) in [7, 11) is 0. The van der Waals surface area contributed by atoms with E-state index in [2.05, 4.69) is 0 Å². The van der Waals surface area contributed by atoms with Gasteiger partial charge in [-0.15, -0.1) is 6.42 Å². The number of piperidine rings is 1. The number of likely N-dealkylation sites (tertiary alicyclic amines) is 1. The predicted octanol–water partition coefficient (Wildman–Crippen LogP) is -0.151. The average Bonchev–Trinajstić information content (AvgIpc) is 2.08. The van der Waals surface area contributed by atoms with Crippen LogP contribution in [0.4, 0.5) is 0 Å². The van der Waals surface area contributed by atoms with Gasteiger partial charge in [-0.25, -0.2) is 0 Å². The number of aliphatic hydroxyl groups is 1. The SMILES string of the molecule is C#CC(=O)N1CCC(C)C(O)C1. The molecule has 0 aliphatic carbocycles. The Morgan fingerprint density at radius 1 is 1.75 bits per heavy atom. The number of hydrogen-bond donors (Lipinski definition) is 1. The van der Waals surface area contributed by atoms with Crippen molar-refractivity contribution in [3.05, 3.63) is 0 Å². The van der Waals surface area contributed by atoms with Crippen LogP contribution >= 0.6 is 0 Å². The molecule has 2 atom stereocenters. The molecule has 1 rings (SSSR count). The normalized spacial score (nSPS) is 29.6. The summed E-state index contributed by atoms with van der Waals surface area (Å²) >= 11 is 0. The fourth-order valence-corrected chi connectivity index (χ4v) is 1.32. The summed E-state index contributed by atoms with van der Waals surface area (Å²) in [5, 5.41) is 9.43. The third kappa shape index (κ3) is 1.77. The second-order valence-corrected chi connectivity index (χ2v) is 3.23. The van der Waals surface area contributed by atoms with Gasteiger partial charge in [-0.3, -0.25) is 4.79 Å². The van der Waals surface area contributed by atoms with Crippen molar-refractivity contribution in [2.45, 2.75) is 19.4 Å². The quantitative estimate of drug-likeness (QED) is 0.510. The van der Waals surface area contributed by atoms with Crippen LogP contribution in [0.25, 0.3) is 0 Å². The topological polar surface area (TPSA) is 40.5 Å². The number of aliphatic hydroxyl groups excluding tert-OH is 1. The van der Waals surface area contributed by atoms with Crippen LogP contribution in [0.1, 0.15) is 13.3 Å². The van der Waals surface area contributed by atoms with E-state index in [0.29, 0.717) is 13.1 Å². The van der Waals surface area contributed by atoms with Crippen LogP contribution in [0, 0.1) is 18.3 Å². The van der Waals surface area contributed by atoms with Crippen LogP contribution in [0.5, 0.6) is 0 Å². The maximum Gasteiger partial charge on any atom is 0.298 e. The van der Waals surface area contributed by atoms with Crippen molar-refractivity contribution in [3.8, 4) is 12.3 Å². The Hall–Kier alpha value is -1.01. The van der Waals surface area contributed by atoms with Gasteiger partial charge >= 0.3 is 0 Å². The monoisotopic (exact) mass is 167 g/mol. The predicted molar refractivity (Wildman–Crippen MR) is 45.2 cm³/mol. The van der Waals surface area contributed by atoms with E-state index in [1.165, 1.54) is 4.90 Å². The van der Waals surface area contributed by atoms with Crippen molar-refractivity contribution >= 4 is 5.91 Å². The van der Waals surface area contributed by atoms with E-state index < -0.39 is 6.10 Å². The first-order chi connectivity index (χ1) is 5.65. The molecule has 1 N–H and O–H groups in total. The molecular weight excluding hydrogens is 154 g/mol. The Kier molecular flexibility index (Phi) is 2.72. The molecule has 3 heteroatoms. The molecule has 12 heavy (non-hydrogen) atoms. The van der Waals surface area contributed by atoms with E-state index in [-0.39, 0.29) is 11.8 Å². The molecule has 3 nitrogen and oxygen atoms in total. The van der Waals surface area contributed by atoms with E-state index in [0.717, 1.165) is 6.42 Å². The highest BCUT2D eigenvalue weighted by Crippen LogP contribution is 2.16. The van der Waals surface area contributed by atoms with Crippen LogP contribution in [0.3, 0.4) is 0 Å². The molecular formula is C9H13NO2. The lowest BCUT2D eigenvalue weighted by molar-refractivity contribution is -0.129. The van der Waals surface area contributed by atoms with Crippen LogP contribution in [0.15, 0.2) is 0 Å². The van der Waals surface area contributed by atoms with Gasteiger partial charge < -0.3 is 10.0 Å². The summed E-state index contributed by atoms with van der Waals surface area (Å²) < 4.78 is 0. The lowest BCUT2D eigenvalue weighted by Crippen LogP contribution is -2.45. The highest BCUT2D eigenvalue weighted by molar-refractivity contribution is 5.92. The highest BCUT2D eigenvalue weighted by Gasteiger charge is 2.26. The number of β-amino-alcohol motifs (C(OH)–C–C–N with tert-alkyl or cyclic N) is 1. The van der Waals surface area contributed by atoms with Gasteiger partial charge in [-0.1, -0.05) is 6.92 Å². The maximum absolute atomic E-state index is 11.0. The Bertz CT molecular complexity index is 219. The van der Waals surface area contributed by atoms with Gasteiger partial charge in [0.15, 0.2) is 0 Å². The van der Waals surface area contributed by atoms with Crippen LogP contribution in [0.2, 0.25) is 0 Å². The van der Waals surface area contributed by atoms with E-state index in [1.54, 1.807) is 0 Å². The fourth-order valence-electron chi connectivity index (χ4n) is 1.32. The minimum Gasteiger partial charge on any atom is -0.391 e. The largest absolute Gasteiger partial charge is 0.391 e. The average molecular weight is 167 g/mol. The maximum atomic E-state index is 11.0. The lowest BCUT2D eigenvalue weighted by atomic mass is 9.96. The Balaban J connectivity index is 2.52. The van der Waals surface area contributed by atoms with Crippen molar-refractivity contribution < 1.29 is 9.90 Å². The summed E-state index contributed by atoms with van der Waals surface area (Å²) in [6.45, 7) is 3.02. The molecule has 1 fully saturated rings. The third-order valence-corrected chi connectivity index (χ3v) is 2.33. The minimum atomic E-state index is -0.420. The number of rotatable bonds is 0. The zero-order valence-corrected chi connectivity index (χ0v) is 7.16. The van der Waals surface area contributed by atoms with Crippen molar-refractivity contribution in [2.75, 3.05) is 13.1 Å². The van der Waals surface area contributed by atoms with Crippen LogP contribution in [-0.2, 0) is 4.79 Å². The molecule has 0 radical (unpaired) electrons. The van der Waals surface area contributed by atoms with Crippen molar-refractivity contribution in [1.82, 2.24) is 4.90 Å². The standard InChI is InChI=1S/C9H13NO2/c1-3-9(12)10-5-4-7(2)8(11)6-10/h1,7-8,11H,4-6H2,2H3. The molecule has 0 saturated carbocycles. The molecule has 0 aromatic heterocycles. The van der Waals surface area contributed by atoms with Crippen LogP contribution in [-0.4, -0.2) is 35.1 Å². The molecule has 1 aliphatic heterocycles. The van der Waals surface area contributed by atoms with Gasteiger partial charge in [0, 0.05) is 13.1 Å². The molecule has 2 unspecified atom stereocenters. The fraction of sp³-hybridized carbons (Fsp3) is 0.667. The molecule has 0 bridgehead atoms. The zero-order chi connectivity index (χ0) is 9.14. The van der Waals surface area contributed by atoms with Gasteiger partial charge in [-0.2, -0.15) is 0 Å². The van der Waals surface area contributed by atoms with E-state index >= 15 is 0 Å². The number of carbonyl (C=O) groups is 1. The Morgan fingerprint density at radius 3 is 2.92 bits per heavy atom. The molecule has 66 valence electrons. The van der Waals surface area contributed by atoms with E-state index in [4.69, 9.17) is 6.42 Å². The Morgan fingerprint density at radius 2 is 2.42 bits per heavy atom. The van der Waals surface area contributed by atoms with Gasteiger partial charge in [0.25, 0.3) is 5.91 Å². The summed E-state index contributed by atoms with van der Waals surface area (Å²) in [6, 6.07) is 0. The Labute approximate surface area is 72.4 Å². The molecule has 1 heterocycles. The van der Waals surface area contributed by atoms with E-state index in [9.17, 15) is 9.90 Å². The number of hydrogen-bond acceptors (Lipinski definition) is 2. The third-order valence-electron chi connectivity index (χ3n) is 2.33. The zero-order valence-electron chi connectivity index (χ0n) is 7.16. The second kappa shape index (κ2) is 3.59. The number of carbonyl (C=O) groups excluding carboxylic acids is 1. The molecule has 1 saturated heterocycles.